The molecule has 2 unspecified atom stereocenters. The van der Waals surface area contributed by atoms with Gasteiger partial charge in [0.15, 0.2) is 0 Å². The lowest BCUT2D eigenvalue weighted by Crippen LogP contribution is -2.58. The number of ether oxygens (including phenoxy) is 3. The van der Waals surface area contributed by atoms with Gasteiger partial charge in [-0.05, 0) is 38.1 Å². The van der Waals surface area contributed by atoms with Crippen molar-refractivity contribution in [3.05, 3.63) is 46.8 Å². The van der Waals surface area contributed by atoms with Crippen LogP contribution in [0, 0.1) is 0 Å². The average molecular weight is 481 g/mol. The Morgan fingerprint density at radius 2 is 1.77 bits per heavy atom. The van der Waals surface area contributed by atoms with Gasteiger partial charge in [0.2, 0.25) is 5.91 Å². The quantitative estimate of drug-likeness (QED) is 0.519. The van der Waals surface area contributed by atoms with Gasteiger partial charge in [0.1, 0.15) is 29.3 Å². The van der Waals surface area contributed by atoms with Crippen LogP contribution in [0.25, 0.3) is 22.3 Å². The third kappa shape index (κ3) is 5.09. The molecule has 0 spiro atoms. The monoisotopic (exact) mass is 480 g/mol. The van der Waals surface area contributed by atoms with Gasteiger partial charge in [0.05, 0.1) is 19.2 Å². The number of benzene rings is 2. The van der Waals surface area contributed by atoms with E-state index in [0.717, 1.165) is 24.3 Å². The number of nitrogens with one attached hydrogen (secondary N) is 1. The Morgan fingerprint density at radius 1 is 1.09 bits per heavy atom. The van der Waals surface area contributed by atoms with Crippen molar-refractivity contribution in [2.75, 3.05) is 45.4 Å². The maximum atomic E-state index is 12.9. The molecule has 0 saturated carbocycles. The summed E-state index contributed by atoms with van der Waals surface area (Å²) >= 11 is 0. The van der Waals surface area contributed by atoms with Crippen LogP contribution >= 0.6 is 0 Å². The first-order chi connectivity index (χ1) is 16.8. The fourth-order valence-corrected chi connectivity index (χ4v) is 4.82. The van der Waals surface area contributed by atoms with E-state index in [-0.39, 0.29) is 23.6 Å². The Kier molecular flexibility index (Phi) is 7.25. The number of rotatable bonds is 7. The molecule has 1 amide bonds. The predicted octanol–water partition coefficient (Wildman–Crippen LogP) is 3.07. The number of fused-ring (bicyclic) bond motifs is 1. The topological polar surface area (TPSA) is 97.0 Å². The molecule has 186 valence electrons. The molecule has 3 aromatic rings. The number of carbonyl (C=O) groups excluding carboxylic acids is 1. The van der Waals surface area contributed by atoms with Crippen LogP contribution < -0.4 is 19.9 Å². The average Bonchev–Trinajstić information content (AvgIpc) is 2.83. The van der Waals surface area contributed by atoms with Gasteiger partial charge in [0, 0.05) is 62.6 Å². The predicted molar refractivity (Wildman–Crippen MR) is 135 cm³/mol. The summed E-state index contributed by atoms with van der Waals surface area (Å²) in [5.41, 5.74) is 2.06. The molecule has 2 heterocycles. The number of nitrogens with zero attached hydrogens (tertiary/aromatic N) is 3. The van der Waals surface area contributed by atoms with Crippen LogP contribution in [-0.2, 0) is 9.53 Å². The van der Waals surface area contributed by atoms with E-state index in [2.05, 4.69) is 23.7 Å². The number of anilines is 1. The second kappa shape index (κ2) is 10.4. The fraction of sp³-hybridized carbons (Fsp3) is 0.423. The molecule has 1 aliphatic heterocycles. The fourth-order valence-electron chi connectivity index (χ4n) is 4.82. The number of methoxy groups -OCH3 is 2. The summed E-state index contributed by atoms with van der Waals surface area (Å²) in [5.74, 6) is 1.53. The van der Waals surface area contributed by atoms with Crippen molar-refractivity contribution in [1.82, 2.24) is 14.9 Å². The standard InChI is InChI=1S/C26H32N4O5/c1-16-14-29(15-17(2)30(16)18(3)31)20-8-6-19(7-9-20)25-27-22-12-21(35-11-10-33-4)13-23(34-5)24(22)26(32)28-25/h6-9,12-13,16-17H,10-11,14-15H2,1-5H3,(H,27,28,32). The summed E-state index contributed by atoms with van der Waals surface area (Å²) in [4.78, 5) is 36.7. The molecule has 4 rings (SSSR count). The molecule has 2 atom stereocenters. The lowest BCUT2D eigenvalue weighted by molar-refractivity contribution is -0.133. The largest absolute Gasteiger partial charge is 0.496 e. The van der Waals surface area contributed by atoms with Gasteiger partial charge in [-0.15, -0.1) is 0 Å². The highest BCUT2D eigenvalue weighted by Gasteiger charge is 2.31. The Bertz CT molecular complexity index is 1250. The molecule has 1 aromatic heterocycles. The summed E-state index contributed by atoms with van der Waals surface area (Å²) in [6.45, 7) is 8.12. The van der Waals surface area contributed by atoms with E-state index in [0.29, 0.717) is 41.4 Å². The van der Waals surface area contributed by atoms with E-state index < -0.39 is 0 Å². The Balaban J connectivity index is 1.62. The summed E-state index contributed by atoms with van der Waals surface area (Å²) in [7, 11) is 3.12. The van der Waals surface area contributed by atoms with Crippen molar-refractivity contribution in [1.29, 1.82) is 0 Å². The molecular formula is C26H32N4O5. The zero-order chi connectivity index (χ0) is 25.1. The maximum absolute atomic E-state index is 12.9. The van der Waals surface area contributed by atoms with Gasteiger partial charge >= 0.3 is 0 Å². The molecule has 1 fully saturated rings. The molecule has 1 N–H and O–H groups in total. The lowest BCUT2D eigenvalue weighted by atomic mass is 10.1. The van der Waals surface area contributed by atoms with E-state index in [1.807, 2.05) is 29.2 Å². The minimum atomic E-state index is -0.280. The van der Waals surface area contributed by atoms with Crippen molar-refractivity contribution in [3.63, 3.8) is 0 Å². The molecule has 35 heavy (non-hydrogen) atoms. The number of piperazine rings is 1. The lowest BCUT2D eigenvalue weighted by Gasteiger charge is -2.45. The number of aromatic amines is 1. The van der Waals surface area contributed by atoms with Crippen molar-refractivity contribution >= 4 is 22.5 Å². The van der Waals surface area contributed by atoms with Gasteiger partial charge in [-0.25, -0.2) is 4.98 Å². The normalized spacial score (nSPS) is 18.1. The number of carbonyl (C=O) groups is 1. The van der Waals surface area contributed by atoms with Crippen LogP contribution in [0.1, 0.15) is 20.8 Å². The third-order valence-corrected chi connectivity index (χ3v) is 6.31. The van der Waals surface area contributed by atoms with Gasteiger partial charge in [0.25, 0.3) is 5.56 Å². The van der Waals surface area contributed by atoms with E-state index in [9.17, 15) is 9.59 Å². The zero-order valence-electron chi connectivity index (χ0n) is 20.8. The van der Waals surface area contributed by atoms with Gasteiger partial charge in [-0.2, -0.15) is 0 Å². The highest BCUT2D eigenvalue weighted by molar-refractivity contribution is 5.87. The second-order valence-electron chi connectivity index (χ2n) is 8.85. The van der Waals surface area contributed by atoms with E-state index in [4.69, 9.17) is 19.2 Å². The molecule has 0 bridgehead atoms. The molecule has 9 nitrogen and oxygen atoms in total. The van der Waals surface area contributed by atoms with Crippen LogP contribution in [0.5, 0.6) is 11.5 Å². The molecule has 9 heteroatoms. The molecule has 0 radical (unpaired) electrons. The Hall–Kier alpha value is -3.59. The number of aromatic nitrogens is 2. The van der Waals surface area contributed by atoms with Crippen molar-refractivity contribution in [2.45, 2.75) is 32.9 Å². The third-order valence-electron chi connectivity index (χ3n) is 6.31. The van der Waals surface area contributed by atoms with Gasteiger partial charge < -0.3 is 29.0 Å². The highest BCUT2D eigenvalue weighted by Crippen LogP contribution is 2.30. The zero-order valence-corrected chi connectivity index (χ0v) is 20.8. The first kappa shape index (κ1) is 24.5. The van der Waals surface area contributed by atoms with Crippen molar-refractivity contribution < 1.29 is 19.0 Å². The van der Waals surface area contributed by atoms with Crippen molar-refractivity contribution in [3.8, 4) is 22.9 Å². The minimum Gasteiger partial charge on any atom is -0.496 e. The summed E-state index contributed by atoms with van der Waals surface area (Å²) in [6, 6.07) is 11.6. The van der Waals surface area contributed by atoms with Crippen LogP contribution in [0.3, 0.4) is 0 Å². The van der Waals surface area contributed by atoms with Crippen molar-refractivity contribution in [2.24, 2.45) is 0 Å². The first-order valence-electron chi connectivity index (χ1n) is 11.7. The van der Waals surface area contributed by atoms with Crippen LogP contribution in [0.2, 0.25) is 0 Å². The number of H-pyrrole nitrogens is 1. The SMILES string of the molecule is COCCOc1cc(OC)c2c(=O)[nH]c(-c3ccc(N4CC(C)N(C(C)=O)C(C)C4)cc3)nc2c1. The summed E-state index contributed by atoms with van der Waals surface area (Å²) in [5, 5.41) is 0.373. The van der Waals surface area contributed by atoms with E-state index in [1.165, 1.54) is 7.11 Å². The molecule has 1 saturated heterocycles. The minimum absolute atomic E-state index is 0.107. The van der Waals surface area contributed by atoms with Gasteiger partial charge in [-0.1, -0.05) is 0 Å². The van der Waals surface area contributed by atoms with E-state index in [1.54, 1.807) is 26.2 Å². The van der Waals surface area contributed by atoms with Gasteiger partial charge in [-0.3, -0.25) is 9.59 Å². The highest BCUT2D eigenvalue weighted by atomic mass is 16.5. The summed E-state index contributed by atoms with van der Waals surface area (Å²) < 4.78 is 16.2. The Labute approximate surface area is 204 Å². The Morgan fingerprint density at radius 3 is 2.37 bits per heavy atom. The number of hydrogen-bond acceptors (Lipinski definition) is 7. The second-order valence-corrected chi connectivity index (χ2v) is 8.85. The number of hydrogen-bond donors (Lipinski definition) is 1. The summed E-state index contributed by atoms with van der Waals surface area (Å²) in [6.07, 6.45) is 0. The first-order valence-corrected chi connectivity index (χ1v) is 11.7. The number of amides is 1. The van der Waals surface area contributed by atoms with Crippen LogP contribution in [0.15, 0.2) is 41.2 Å². The molecule has 2 aromatic carbocycles. The maximum Gasteiger partial charge on any atom is 0.262 e. The van der Waals surface area contributed by atoms with Crippen LogP contribution in [-0.4, -0.2) is 73.4 Å². The van der Waals surface area contributed by atoms with E-state index >= 15 is 0 Å². The molecule has 1 aliphatic rings. The molecular weight excluding hydrogens is 448 g/mol. The molecule has 0 aliphatic carbocycles. The smallest absolute Gasteiger partial charge is 0.262 e. The van der Waals surface area contributed by atoms with Crippen LogP contribution in [0.4, 0.5) is 5.69 Å².